The summed E-state index contributed by atoms with van der Waals surface area (Å²) >= 11 is 0. The van der Waals surface area contributed by atoms with E-state index in [9.17, 15) is 14.4 Å². The van der Waals surface area contributed by atoms with Crippen LogP contribution in [0.25, 0.3) is 0 Å². The van der Waals surface area contributed by atoms with Crippen LogP contribution in [0.1, 0.15) is 58.4 Å². The van der Waals surface area contributed by atoms with E-state index in [0.29, 0.717) is 18.7 Å². The first-order valence-electron chi connectivity index (χ1n) is 8.90. The third kappa shape index (κ3) is 3.38. The Hall–Kier alpha value is -2.38. The first kappa shape index (κ1) is 17.4. The number of anilines is 1. The van der Waals surface area contributed by atoms with Crippen molar-refractivity contribution in [1.82, 2.24) is 20.0 Å². The van der Waals surface area contributed by atoms with Gasteiger partial charge in [0.2, 0.25) is 5.91 Å². The van der Waals surface area contributed by atoms with Crippen molar-refractivity contribution >= 4 is 23.7 Å². The molecule has 8 heteroatoms. The summed E-state index contributed by atoms with van der Waals surface area (Å²) in [7, 11) is 0. The molecule has 2 fully saturated rings. The molecule has 3 rings (SSSR count). The standard InChI is InChI=1S/C17H25N5O3/c1-12(2)22-13(6-10-18-22)19-14(23)7-11-21-15(24)17(20-16(21)25)8-4-3-5-9-17/h6,10,12H,3-5,7-9,11H2,1-2H3,(H,19,23)(H,20,25). The maximum atomic E-state index is 12.7. The highest BCUT2D eigenvalue weighted by molar-refractivity contribution is 6.07. The van der Waals surface area contributed by atoms with E-state index in [0.717, 1.165) is 19.3 Å². The van der Waals surface area contributed by atoms with Crippen LogP contribution in [0.3, 0.4) is 0 Å². The van der Waals surface area contributed by atoms with Gasteiger partial charge in [-0.3, -0.25) is 14.5 Å². The molecule has 0 bridgehead atoms. The topological polar surface area (TPSA) is 96.3 Å². The van der Waals surface area contributed by atoms with Gasteiger partial charge in [-0.2, -0.15) is 5.10 Å². The molecule has 0 unspecified atom stereocenters. The number of imide groups is 1. The summed E-state index contributed by atoms with van der Waals surface area (Å²) in [6.07, 6.45) is 6.05. The van der Waals surface area contributed by atoms with E-state index in [1.165, 1.54) is 4.90 Å². The Labute approximate surface area is 146 Å². The van der Waals surface area contributed by atoms with Crippen LogP contribution in [0.4, 0.5) is 10.6 Å². The normalized spacial score (nSPS) is 19.6. The van der Waals surface area contributed by atoms with Crippen molar-refractivity contribution in [2.45, 2.75) is 64.0 Å². The highest BCUT2D eigenvalue weighted by atomic mass is 16.2. The van der Waals surface area contributed by atoms with Gasteiger partial charge in [-0.15, -0.1) is 0 Å². The molecule has 0 atom stereocenters. The van der Waals surface area contributed by atoms with Crippen LogP contribution in [0.2, 0.25) is 0 Å². The van der Waals surface area contributed by atoms with Gasteiger partial charge in [0.15, 0.2) is 0 Å². The van der Waals surface area contributed by atoms with Crippen molar-refractivity contribution in [3.05, 3.63) is 12.3 Å². The summed E-state index contributed by atoms with van der Waals surface area (Å²) in [5.41, 5.74) is -0.734. The van der Waals surface area contributed by atoms with Crippen LogP contribution in [0.5, 0.6) is 0 Å². The molecule has 1 aromatic rings. The van der Waals surface area contributed by atoms with Crippen LogP contribution in [-0.4, -0.2) is 44.6 Å². The van der Waals surface area contributed by atoms with E-state index in [1.807, 2.05) is 13.8 Å². The number of nitrogens with zero attached hydrogens (tertiary/aromatic N) is 3. The summed E-state index contributed by atoms with van der Waals surface area (Å²) < 4.78 is 1.71. The van der Waals surface area contributed by atoms with Crippen molar-refractivity contribution in [1.29, 1.82) is 0 Å². The van der Waals surface area contributed by atoms with E-state index in [4.69, 9.17) is 0 Å². The fourth-order valence-corrected chi connectivity index (χ4v) is 3.62. The molecular formula is C17H25N5O3. The Kier molecular flexibility index (Phi) is 4.78. The smallest absolute Gasteiger partial charge is 0.323 e. The molecule has 136 valence electrons. The third-order valence-corrected chi connectivity index (χ3v) is 4.94. The van der Waals surface area contributed by atoms with Crippen molar-refractivity contribution in [2.24, 2.45) is 0 Å². The lowest BCUT2D eigenvalue weighted by molar-refractivity contribution is -0.132. The van der Waals surface area contributed by atoms with Gasteiger partial charge >= 0.3 is 6.03 Å². The van der Waals surface area contributed by atoms with Crippen LogP contribution in [0.15, 0.2) is 12.3 Å². The van der Waals surface area contributed by atoms with Gasteiger partial charge in [-0.05, 0) is 26.7 Å². The summed E-state index contributed by atoms with van der Waals surface area (Å²) in [5, 5.41) is 9.80. The maximum absolute atomic E-state index is 12.7. The zero-order valence-electron chi connectivity index (χ0n) is 14.7. The Balaban J connectivity index is 1.57. The van der Waals surface area contributed by atoms with Gasteiger partial charge in [0.25, 0.3) is 5.91 Å². The van der Waals surface area contributed by atoms with Crippen LogP contribution in [-0.2, 0) is 9.59 Å². The number of rotatable bonds is 5. The highest BCUT2D eigenvalue weighted by Gasteiger charge is 2.51. The van der Waals surface area contributed by atoms with Crippen molar-refractivity contribution < 1.29 is 14.4 Å². The van der Waals surface area contributed by atoms with E-state index in [-0.39, 0.29) is 36.9 Å². The number of urea groups is 1. The molecule has 0 radical (unpaired) electrons. The second-order valence-corrected chi connectivity index (χ2v) is 7.08. The molecule has 4 amide bonds. The first-order valence-corrected chi connectivity index (χ1v) is 8.90. The molecule has 25 heavy (non-hydrogen) atoms. The third-order valence-electron chi connectivity index (χ3n) is 4.94. The van der Waals surface area contributed by atoms with Crippen LogP contribution in [0, 0.1) is 0 Å². The largest absolute Gasteiger partial charge is 0.325 e. The minimum Gasteiger partial charge on any atom is -0.323 e. The van der Waals surface area contributed by atoms with Crippen molar-refractivity contribution in [2.75, 3.05) is 11.9 Å². The van der Waals surface area contributed by atoms with Crippen LogP contribution >= 0.6 is 0 Å². The lowest BCUT2D eigenvalue weighted by Crippen LogP contribution is -2.48. The fourth-order valence-electron chi connectivity index (χ4n) is 3.62. The molecule has 1 aliphatic carbocycles. The molecule has 8 nitrogen and oxygen atoms in total. The molecule has 1 aromatic heterocycles. The summed E-state index contributed by atoms with van der Waals surface area (Å²) in [5.74, 6) is 0.186. The number of hydrogen-bond donors (Lipinski definition) is 2. The Morgan fingerprint density at radius 3 is 2.72 bits per heavy atom. The summed E-state index contributed by atoms with van der Waals surface area (Å²) in [6, 6.07) is 1.47. The number of nitrogens with one attached hydrogen (secondary N) is 2. The molecule has 1 spiro atoms. The van der Waals surface area contributed by atoms with E-state index in [2.05, 4.69) is 15.7 Å². The average molecular weight is 347 g/mol. The zero-order chi connectivity index (χ0) is 18.0. The lowest BCUT2D eigenvalue weighted by Gasteiger charge is -2.30. The maximum Gasteiger partial charge on any atom is 0.325 e. The molecule has 1 aliphatic heterocycles. The Bertz CT molecular complexity index is 676. The average Bonchev–Trinajstić information content (AvgIpc) is 3.11. The highest BCUT2D eigenvalue weighted by Crippen LogP contribution is 2.33. The number of carbonyl (C=O) groups excluding carboxylic acids is 3. The minimum absolute atomic E-state index is 0.0680. The molecule has 1 saturated carbocycles. The first-order chi connectivity index (χ1) is 11.9. The monoisotopic (exact) mass is 347 g/mol. The number of carbonyl (C=O) groups is 3. The summed E-state index contributed by atoms with van der Waals surface area (Å²) in [4.78, 5) is 38.2. The van der Waals surface area contributed by atoms with Gasteiger partial charge in [-0.1, -0.05) is 19.3 Å². The molecular weight excluding hydrogens is 322 g/mol. The summed E-state index contributed by atoms with van der Waals surface area (Å²) in [6.45, 7) is 4.03. The minimum atomic E-state index is -0.734. The zero-order valence-corrected chi connectivity index (χ0v) is 14.7. The number of amides is 4. The number of hydrogen-bond acceptors (Lipinski definition) is 4. The lowest BCUT2D eigenvalue weighted by atomic mass is 9.82. The van der Waals surface area contributed by atoms with E-state index >= 15 is 0 Å². The van der Waals surface area contributed by atoms with Gasteiger partial charge < -0.3 is 10.6 Å². The van der Waals surface area contributed by atoms with Crippen molar-refractivity contribution in [3.63, 3.8) is 0 Å². The predicted octanol–water partition coefficient (Wildman–Crippen LogP) is 2.05. The SMILES string of the molecule is CC(C)n1nccc1NC(=O)CCN1C(=O)NC2(CCCCC2)C1=O. The Morgan fingerprint density at radius 1 is 1.32 bits per heavy atom. The fraction of sp³-hybridized carbons (Fsp3) is 0.647. The molecule has 2 aliphatic rings. The van der Waals surface area contributed by atoms with Gasteiger partial charge in [-0.25, -0.2) is 9.48 Å². The van der Waals surface area contributed by atoms with Gasteiger partial charge in [0, 0.05) is 25.1 Å². The molecule has 0 aromatic carbocycles. The molecule has 1 saturated heterocycles. The quantitative estimate of drug-likeness (QED) is 0.797. The van der Waals surface area contributed by atoms with E-state index < -0.39 is 5.54 Å². The molecule has 2 N–H and O–H groups in total. The van der Waals surface area contributed by atoms with Crippen LogP contribution < -0.4 is 10.6 Å². The van der Waals surface area contributed by atoms with Gasteiger partial charge in [0.1, 0.15) is 11.4 Å². The number of aromatic nitrogens is 2. The Morgan fingerprint density at radius 2 is 2.04 bits per heavy atom. The second kappa shape index (κ2) is 6.85. The molecule has 2 heterocycles. The predicted molar refractivity (Wildman–Crippen MR) is 91.9 cm³/mol. The van der Waals surface area contributed by atoms with E-state index in [1.54, 1.807) is 16.9 Å². The second-order valence-electron chi connectivity index (χ2n) is 7.08. The van der Waals surface area contributed by atoms with Gasteiger partial charge in [0.05, 0.1) is 6.20 Å². The van der Waals surface area contributed by atoms with Crippen molar-refractivity contribution in [3.8, 4) is 0 Å².